The maximum Gasteiger partial charge on any atom is 0.404 e. The molecule has 1 amide bonds. The molecule has 0 spiro atoms. The Morgan fingerprint density at radius 2 is 2.16 bits per heavy atom. The summed E-state index contributed by atoms with van der Waals surface area (Å²) >= 11 is 0. The van der Waals surface area contributed by atoms with Gasteiger partial charge in [0.15, 0.2) is 5.41 Å². The molecule has 1 saturated carbocycles. The van der Waals surface area contributed by atoms with Crippen LogP contribution in [0.15, 0.2) is 0 Å². The normalized spacial score (nSPS) is 35.1. The molecule has 2 aliphatic rings. The fraction of sp³-hybridized carbons (Fsp3) is 0.833. The number of halogens is 3. The smallest absolute Gasteiger partial charge is 0.351 e. The van der Waals surface area contributed by atoms with Crippen molar-refractivity contribution in [3.05, 3.63) is 0 Å². The number of amides is 1. The highest BCUT2D eigenvalue weighted by Gasteiger charge is 2.61. The van der Waals surface area contributed by atoms with Gasteiger partial charge in [0, 0.05) is 12.6 Å². The Balaban J connectivity index is 2.11. The van der Waals surface area contributed by atoms with Crippen molar-refractivity contribution >= 4 is 5.91 Å². The molecule has 3 unspecified atom stereocenters. The molecule has 19 heavy (non-hydrogen) atoms. The zero-order valence-corrected chi connectivity index (χ0v) is 10.4. The van der Waals surface area contributed by atoms with Crippen LogP contribution in [-0.2, 0) is 4.79 Å². The maximum absolute atomic E-state index is 13.2. The number of nitriles is 1. The van der Waals surface area contributed by atoms with Gasteiger partial charge in [-0.05, 0) is 32.2 Å². The summed E-state index contributed by atoms with van der Waals surface area (Å²) in [6, 6.07) is 1.60. The fourth-order valence-corrected chi connectivity index (χ4v) is 2.85. The van der Waals surface area contributed by atoms with E-state index in [9.17, 15) is 18.0 Å². The van der Waals surface area contributed by atoms with E-state index in [0.717, 1.165) is 6.42 Å². The lowest BCUT2D eigenvalue weighted by Crippen LogP contribution is -2.54. The topological polar surface area (TPSA) is 64.9 Å². The van der Waals surface area contributed by atoms with Crippen LogP contribution in [0.4, 0.5) is 13.2 Å². The molecule has 0 aromatic carbocycles. The lowest BCUT2D eigenvalue weighted by atomic mass is 9.84. The largest absolute Gasteiger partial charge is 0.404 e. The van der Waals surface area contributed by atoms with E-state index < -0.39 is 23.5 Å². The molecule has 0 aromatic heterocycles. The van der Waals surface area contributed by atoms with Crippen molar-refractivity contribution in [3.8, 4) is 6.07 Å². The monoisotopic (exact) mass is 275 g/mol. The first kappa shape index (κ1) is 14.1. The minimum Gasteiger partial charge on any atom is -0.351 e. The van der Waals surface area contributed by atoms with E-state index in [-0.39, 0.29) is 25.4 Å². The van der Waals surface area contributed by atoms with E-state index in [1.54, 1.807) is 0 Å². The number of carbonyl (C=O) groups excluding carboxylic acids is 1. The summed E-state index contributed by atoms with van der Waals surface area (Å²) in [5, 5.41) is 14.0. The van der Waals surface area contributed by atoms with Gasteiger partial charge in [0.05, 0.1) is 12.0 Å². The minimum absolute atomic E-state index is 0.180. The van der Waals surface area contributed by atoms with Gasteiger partial charge >= 0.3 is 6.18 Å². The predicted molar refractivity (Wildman–Crippen MR) is 60.9 cm³/mol. The third-order valence-electron chi connectivity index (χ3n) is 4.13. The molecule has 0 bridgehead atoms. The van der Waals surface area contributed by atoms with Gasteiger partial charge in [-0.3, -0.25) is 4.79 Å². The van der Waals surface area contributed by atoms with Gasteiger partial charge in [-0.1, -0.05) is 0 Å². The number of alkyl halides is 3. The zero-order valence-electron chi connectivity index (χ0n) is 10.4. The summed E-state index contributed by atoms with van der Waals surface area (Å²) in [7, 11) is 0. The number of nitrogens with one attached hydrogen (secondary N) is 2. The maximum atomic E-state index is 13.2. The van der Waals surface area contributed by atoms with Gasteiger partial charge < -0.3 is 10.6 Å². The van der Waals surface area contributed by atoms with Crippen molar-refractivity contribution in [2.45, 2.75) is 37.9 Å². The molecule has 2 rings (SSSR count). The van der Waals surface area contributed by atoms with Crippen molar-refractivity contribution in [3.63, 3.8) is 0 Å². The molecular formula is C12H16F3N3O. The predicted octanol–water partition coefficient (Wildman–Crippen LogP) is 1.34. The van der Waals surface area contributed by atoms with E-state index in [0.29, 0.717) is 12.8 Å². The minimum atomic E-state index is -4.57. The second-order valence-corrected chi connectivity index (χ2v) is 5.25. The molecule has 1 heterocycles. The second kappa shape index (κ2) is 5.00. The van der Waals surface area contributed by atoms with E-state index >= 15 is 0 Å². The number of carbonyl (C=O) groups is 1. The summed E-state index contributed by atoms with van der Waals surface area (Å²) < 4.78 is 39.5. The summed E-state index contributed by atoms with van der Waals surface area (Å²) in [5.74, 6) is -1.36. The van der Waals surface area contributed by atoms with Crippen LogP contribution >= 0.6 is 0 Å². The average molecular weight is 275 g/mol. The summed E-state index contributed by atoms with van der Waals surface area (Å²) in [6.45, 7) is -0.203. The molecule has 0 radical (unpaired) electrons. The average Bonchev–Trinajstić information content (AvgIpc) is 2.96. The van der Waals surface area contributed by atoms with Gasteiger partial charge in [0.1, 0.15) is 0 Å². The van der Waals surface area contributed by atoms with Crippen LogP contribution in [0.25, 0.3) is 0 Å². The fourth-order valence-electron chi connectivity index (χ4n) is 2.85. The first-order valence-electron chi connectivity index (χ1n) is 6.39. The van der Waals surface area contributed by atoms with Gasteiger partial charge in [-0.2, -0.15) is 18.4 Å². The number of hydrogen-bond acceptors (Lipinski definition) is 3. The first-order chi connectivity index (χ1) is 8.90. The molecule has 2 N–H and O–H groups in total. The molecule has 106 valence electrons. The Hall–Kier alpha value is -1.29. The van der Waals surface area contributed by atoms with E-state index in [1.165, 1.54) is 0 Å². The SMILES string of the molecule is N#CC1CCCC1NC(=O)C1(C(F)(F)F)CCNC1. The van der Waals surface area contributed by atoms with E-state index in [1.807, 2.05) is 6.07 Å². The summed E-state index contributed by atoms with van der Waals surface area (Å²) in [5.41, 5.74) is -2.34. The molecule has 3 atom stereocenters. The highest BCUT2D eigenvalue weighted by molar-refractivity contribution is 5.84. The van der Waals surface area contributed by atoms with Crippen LogP contribution in [0.2, 0.25) is 0 Å². The molecule has 7 heteroatoms. The molecular weight excluding hydrogens is 259 g/mol. The van der Waals surface area contributed by atoms with Crippen molar-refractivity contribution in [1.82, 2.24) is 10.6 Å². The number of nitrogens with zero attached hydrogens (tertiary/aromatic N) is 1. The molecule has 0 aromatic rings. The van der Waals surface area contributed by atoms with Crippen LogP contribution in [-0.4, -0.2) is 31.2 Å². The molecule has 1 aliphatic carbocycles. The molecule has 2 fully saturated rings. The lowest BCUT2D eigenvalue weighted by Gasteiger charge is -2.31. The Labute approximate surface area is 109 Å². The van der Waals surface area contributed by atoms with E-state index in [4.69, 9.17) is 5.26 Å². The molecule has 4 nitrogen and oxygen atoms in total. The molecule has 1 aliphatic heterocycles. The number of rotatable bonds is 2. The third-order valence-corrected chi connectivity index (χ3v) is 4.13. The van der Waals surface area contributed by atoms with Crippen molar-refractivity contribution in [1.29, 1.82) is 5.26 Å². The van der Waals surface area contributed by atoms with Crippen molar-refractivity contribution in [2.24, 2.45) is 11.3 Å². The van der Waals surface area contributed by atoms with Crippen LogP contribution in [0.3, 0.4) is 0 Å². The standard InChI is InChI=1S/C12H16F3N3O/c13-12(14,15)11(4-5-17-7-11)10(19)18-9-3-1-2-8(9)6-16/h8-9,17H,1-5,7H2,(H,18,19). The van der Waals surface area contributed by atoms with Gasteiger partial charge in [-0.15, -0.1) is 0 Å². The van der Waals surface area contributed by atoms with Crippen molar-refractivity contribution in [2.75, 3.05) is 13.1 Å². The van der Waals surface area contributed by atoms with Crippen LogP contribution < -0.4 is 10.6 Å². The van der Waals surface area contributed by atoms with Gasteiger partial charge in [0.25, 0.3) is 0 Å². The van der Waals surface area contributed by atoms with Crippen LogP contribution in [0, 0.1) is 22.7 Å². The third kappa shape index (κ3) is 2.41. The van der Waals surface area contributed by atoms with Crippen LogP contribution in [0.5, 0.6) is 0 Å². The van der Waals surface area contributed by atoms with Gasteiger partial charge in [0.2, 0.25) is 5.91 Å². The van der Waals surface area contributed by atoms with Crippen molar-refractivity contribution < 1.29 is 18.0 Å². The Bertz CT molecular complexity index is 396. The summed E-state index contributed by atoms with van der Waals surface area (Å²) in [6.07, 6.45) is -2.84. The zero-order chi connectivity index (χ0) is 14.1. The van der Waals surface area contributed by atoms with E-state index in [2.05, 4.69) is 10.6 Å². The highest BCUT2D eigenvalue weighted by atomic mass is 19.4. The molecule has 1 saturated heterocycles. The highest BCUT2D eigenvalue weighted by Crippen LogP contribution is 2.43. The number of hydrogen-bond donors (Lipinski definition) is 2. The first-order valence-corrected chi connectivity index (χ1v) is 6.39. The summed E-state index contributed by atoms with van der Waals surface area (Å²) in [4.78, 5) is 12.1. The van der Waals surface area contributed by atoms with Gasteiger partial charge in [-0.25, -0.2) is 0 Å². The Morgan fingerprint density at radius 1 is 1.42 bits per heavy atom. The lowest BCUT2D eigenvalue weighted by molar-refractivity contribution is -0.216. The Kier molecular flexibility index (Phi) is 3.72. The Morgan fingerprint density at radius 3 is 2.68 bits per heavy atom. The quantitative estimate of drug-likeness (QED) is 0.799. The second-order valence-electron chi connectivity index (χ2n) is 5.25. The van der Waals surface area contributed by atoms with Crippen LogP contribution in [0.1, 0.15) is 25.7 Å².